The molecule has 1 aliphatic rings. The molecule has 4 aromatic rings. The van der Waals surface area contributed by atoms with Gasteiger partial charge in [0.15, 0.2) is 0 Å². The minimum atomic E-state index is -3.96. The summed E-state index contributed by atoms with van der Waals surface area (Å²) in [5, 5.41) is 13.2. The van der Waals surface area contributed by atoms with Crippen molar-refractivity contribution in [3.8, 4) is 5.75 Å². The molecule has 0 saturated carbocycles. The summed E-state index contributed by atoms with van der Waals surface area (Å²) in [4.78, 5) is 30.3. The number of amides is 2. The van der Waals surface area contributed by atoms with E-state index in [0.29, 0.717) is 47.3 Å². The Hall–Kier alpha value is -4.62. The lowest BCUT2D eigenvalue weighted by Crippen LogP contribution is -2.49. The van der Waals surface area contributed by atoms with Gasteiger partial charge in [0, 0.05) is 41.8 Å². The van der Waals surface area contributed by atoms with E-state index >= 15 is 0 Å². The number of benzene rings is 4. The van der Waals surface area contributed by atoms with E-state index in [9.17, 15) is 23.1 Å². The Morgan fingerprint density at radius 2 is 1.78 bits per heavy atom. The van der Waals surface area contributed by atoms with Crippen LogP contribution in [0.4, 0.5) is 17.1 Å². The van der Waals surface area contributed by atoms with Crippen LogP contribution in [0.15, 0.2) is 95.9 Å². The fraction of sp³-hybridized carbons (Fsp3) is 0.278. The zero-order valence-corrected chi connectivity index (χ0v) is 29.0. The lowest BCUT2D eigenvalue weighted by Gasteiger charge is -2.38. The number of nitrogen functional groups attached to an aromatic ring is 1. The summed E-state index contributed by atoms with van der Waals surface area (Å²) in [7, 11) is -2.00. The molecule has 0 saturated heterocycles. The Labute approximate surface area is 291 Å². The van der Waals surface area contributed by atoms with E-state index < -0.39 is 16.1 Å². The molecule has 3 atom stereocenters. The number of hydrogen-bond donors (Lipinski definition) is 4. The third kappa shape index (κ3) is 8.70. The lowest BCUT2D eigenvalue weighted by molar-refractivity contribution is 0.0341. The molecule has 0 fully saturated rings. The molecule has 0 bridgehead atoms. The Morgan fingerprint density at radius 1 is 1.08 bits per heavy atom. The summed E-state index contributed by atoms with van der Waals surface area (Å²) < 4.78 is 35.2. The van der Waals surface area contributed by atoms with Crippen molar-refractivity contribution in [2.45, 2.75) is 37.4 Å². The van der Waals surface area contributed by atoms with Crippen LogP contribution in [0.5, 0.6) is 5.75 Å². The molecule has 0 unspecified atom stereocenters. The van der Waals surface area contributed by atoms with Crippen molar-refractivity contribution in [1.82, 2.24) is 9.80 Å². The number of nitrogens with zero attached hydrogens (tertiary/aromatic N) is 2. The first-order chi connectivity index (χ1) is 23.3. The van der Waals surface area contributed by atoms with Crippen LogP contribution in [0, 0.1) is 5.92 Å². The fourth-order valence-corrected chi connectivity index (χ4v) is 6.76. The number of carbonyl (C=O) groups excluding carboxylic acids is 2. The number of likely N-dealkylation sites (N-methyl/N-ethyl adjacent to an activating group) is 1. The van der Waals surface area contributed by atoms with E-state index in [1.807, 2.05) is 26.1 Å². The number of aliphatic hydroxyl groups excluding tert-OH is 1. The Balaban J connectivity index is 1.32. The molecule has 5 rings (SSSR count). The van der Waals surface area contributed by atoms with Gasteiger partial charge in [-0.15, -0.1) is 0 Å². The van der Waals surface area contributed by atoms with Crippen LogP contribution in [0.1, 0.15) is 40.1 Å². The summed E-state index contributed by atoms with van der Waals surface area (Å²) in [5.41, 5.74) is 8.85. The van der Waals surface area contributed by atoms with Crippen LogP contribution in [0.2, 0.25) is 5.02 Å². The largest absolute Gasteiger partial charge is 0.488 e. The molecule has 49 heavy (non-hydrogen) atoms. The van der Waals surface area contributed by atoms with E-state index in [4.69, 9.17) is 22.1 Å². The number of sulfonamides is 1. The number of anilines is 3. The quantitative estimate of drug-likeness (QED) is 0.153. The van der Waals surface area contributed by atoms with Crippen molar-refractivity contribution in [3.63, 3.8) is 0 Å². The molecule has 1 heterocycles. The van der Waals surface area contributed by atoms with E-state index in [1.165, 1.54) is 30.3 Å². The molecule has 2 amide bonds. The monoisotopic (exact) mass is 705 g/mol. The smallest absolute Gasteiger partial charge is 0.261 e. The topological polar surface area (TPSA) is 154 Å². The molecule has 0 spiro atoms. The predicted molar refractivity (Wildman–Crippen MR) is 191 cm³/mol. The molecule has 0 aromatic heterocycles. The second-order valence-electron chi connectivity index (χ2n) is 12.3. The number of hydrogen-bond acceptors (Lipinski definition) is 8. The molecule has 11 nitrogen and oxygen atoms in total. The minimum absolute atomic E-state index is 0.0222. The summed E-state index contributed by atoms with van der Waals surface area (Å²) in [6, 6.07) is 24.3. The van der Waals surface area contributed by atoms with Crippen LogP contribution >= 0.6 is 11.6 Å². The highest BCUT2D eigenvalue weighted by Crippen LogP contribution is 2.32. The molecule has 1 aliphatic heterocycles. The third-order valence-electron chi connectivity index (χ3n) is 8.41. The average molecular weight is 706 g/mol. The van der Waals surface area contributed by atoms with Crippen molar-refractivity contribution in [2.24, 2.45) is 5.92 Å². The highest BCUT2D eigenvalue weighted by molar-refractivity contribution is 7.92. The maximum absolute atomic E-state index is 13.8. The molecule has 258 valence electrons. The number of aliphatic hydroxyl groups is 1. The van der Waals surface area contributed by atoms with E-state index in [2.05, 4.69) is 14.9 Å². The zero-order valence-electron chi connectivity index (χ0n) is 27.5. The van der Waals surface area contributed by atoms with E-state index in [0.717, 1.165) is 5.56 Å². The number of para-hydroxylation sites is 2. The average Bonchev–Trinajstić information content (AvgIpc) is 3.07. The van der Waals surface area contributed by atoms with Gasteiger partial charge in [0.05, 0.1) is 34.5 Å². The van der Waals surface area contributed by atoms with Crippen LogP contribution < -0.4 is 20.5 Å². The Morgan fingerprint density at radius 3 is 2.45 bits per heavy atom. The number of halogens is 1. The minimum Gasteiger partial charge on any atom is -0.488 e. The van der Waals surface area contributed by atoms with Gasteiger partial charge in [0.1, 0.15) is 11.9 Å². The van der Waals surface area contributed by atoms with Crippen molar-refractivity contribution >= 4 is 50.5 Å². The first-order valence-corrected chi connectivity index (χ1v) is 17.6. The molecule has 5 N–H and O–H groups in total. The Kier molecular flexibility index (Phi) is 11.1. The normalized spacial score (nSPS) is 17.0. The van der Waals surface area contributed by atoms with Gasteiger partial charge in [-0.1, -0.05) is 42.8 Å². The maximum atomic E-state index is 13.8. The number of carbonyl (C=O) groups is 2. The van der Waals surface area contributed by atoms with Gasteiger partial charge in [-0.05, 0) is 86.3 Å². The van der Waals surface area contributed by atoms with Gasteiger partial charge in [-0.3, -0.25) is 19.2 Å². The first kappa shape index (κ1) is 35.7. The summed E-state index contributed by atoms with van der Waals surface area (Å²) in [6.45, 7) is 4.89. The second kappa shape index (κ2) is 15.3. The SMILES string of the molecule is C[C@H]1CN([C@@H](C)CO)C(=O)c2cc(NS(=O)(=O)c3ccc(Cl)cc3)ccc2O[C@H]1CN(C)Cc1ccc(C(=O)Nc2ccccc2N)cc1. The van der Waals surface area contributed by atoms with Gasteiger partial charge in [-0.2, -0.15) is 0 Å². The number of nitrogens with one attached hydrogen (secondary N) is 2. The fourth-order valence-electron chi connectivity index (χ4n) is 5.58. The van der Waals surface area contributed by atoms with Gasteiger partial charge in [0.2, 0.25) is 0 Å². The van der Waals surface area contributed by atoms with Gasteiger partial charge >= 0.3 is 0 Å². The number of ether oxygens (including phenoxy) is 1. The summed E-state index contributed by atoms with van der Waals surface area (Å²) in [5.74, 6) is -0.436. The van der Waals surface area contributed by atoms with Crippen molar-refractivity contribution < 1.29 is 27.9 Å². The van der Waals surface area contributed by atoms with Crippen molar-refractivity contribution in [2.75, 3.05) is 42.5 Å². The van der Waals surface area contributed by atoms with Crippen LogP contribution in [-0.4, -0.2) is 74.0 Å². The predicted octanol–water partition coefficient (Wildman–Crippen LogP) is 5.33. The molecule has 4 aromatic carbocycles. The Bertz CT molecular complexity index is 1910. The van der Waals surface area contributed by atoms with Crippen molar-refractivity contribution in [3.05, 3.63) is 113 Å². The van der Waals surface area contributed by atoms with Gasteiger partial charge in [-0.25, -0.2) is 8.42 Å². The standard InChI is InChI=1S/C36H40ClN5O6S/c1-23-19-42(24(2)22-43)36(45)30-18-28(40-49(46,47)29-15-12-27(37)13-16-29)14-17-33(30)48-34(23)21-41(3)20-25-8-10-26(11-9-25)35(44)39-32-7-5-4-6-31(32)38/h4-18,23-24,34,40,43H,19-22,38H2,1-3H3,(H,39,44)/t23-,24-,34-/m0/s1. The van der Waals surface area contributed by atoms with E-state index in [1.54, 1.807) is 60.4 Å². The summed E-state index contributed by atoms with van der Waals surface area (Å²) >= 11 is 5.93. The van der Waals surface area contributed by atoms with Crippen LogP contribution in [-0.2, 0) is 16.6 Å². The second-order valence-corrected chi connectivity index (χ2v) is 14.4. The third-order valence-corrected chi connectivity index (χ3v) is 10.1. The van der Waals surface area contributed by atoms with E-state index in [-0.39, 0.29) is 46.6 Å². The number of fused-ring (bicyclic) bond motifs is 1. The highest BCUT2D eigenvalue weighted by atomic mass is 35.5. The lowest BCUT2D eigenvalue weighted by atomic mass is 9.99. The zero-order chi connectivity index (χ0) is 35.3. The number of rotatable bonds is 11. The molecular formula is C36H40ClN5O6S. The van der Waals surface area contributed by atoms with Crippen molar-refractivity contribution in [1.29, 1.82) is 0 Å². The maximum Gasteiger partial charge on any atom is 0.261 e. The molecule has 0 aliphatic carbocycles. The summed E-state index contributed by atoms with van der Waals surface area (Å²) in [6.07, 6.45) is -0.358. The first-order valence-electron chi connectivity index (χ1n) is 15.8. The van der Waals surface area contributed by atoms with Gasteiger partial charge in [0.25, 0.3) is 21.8 Å². The molecular weight excluding hydrogens is 666 g/mol. The van der Waals surface area contributed by atoms with Crippen LogP contribution in [0.3, 0.4) is 0 Å². The number of nitrogens with two attached hydrogens (primary N) is 1. The van der Waals surface area contributed by atoms with Gasteiger partial charge < -0.3 is 25.8 Å². The highest BCUT2D eigenvalue weighted by Gasteiger charge is 2.34. The van der Waals surface area contributed by atoms with Crippen LogP contribution in [0.25, 0.3) is 0 Å². The molecule has 13 heteroatoms. The molecule has 0 radical (unpaired) electrons.